The number of likely N-dealkylation sites (N-methyl/N-ethyl adjacent to an activating group) is 1. The number of piperidine rings is 1. The first-order valence-corrected chi connectivity index (χ1v) is 7.48. The fourth-order valence-corrected chi connectivity index (χ4v) is 3.36. The van der Waals surface area contributed by atoms with Gasteiger partial charge in [0.2, 0.25) is 21.8 Å². The molecule has 0 saturated carbocycles. The maximum atomic E-state index is 12.2. The summed E-state index contributed by atoms with van der Waals surface area (Å²) in [4.78, 5) is 24.1. The summed E-state index contributed by atoms with van der Waals surface area (Å²) < 4.78 is 26.7. The number of hydrogen-bond acceptors (Lipinski definition) is 5. The van der Waals surface area contributed by atoms with Gasteiger partial charge in [0.1, 0.15) is 10.9 Å². The number of hydrogen-bond donors (Lipinski definition) is 2. The molecule has 0 spiro atoms. The third-order valence-electron chi connectivity index (χ3n) is 3.16. The van der Waals surface area contributed by atoms with E-state index >= 15 is 0 Å². The first-order valence-electron chi connectivity index (χ1n) is 6.00. The maximum absolute atomic E-state index is 12.2. The molecule has 0 aliphatic carbocycles. The molecule has 8 heteroatoms. The zero-order valence-electron chi connectivity index (χ0n) is 10.9. The largest absolute Gasteiger partial charge is 0.398 e. The van der Waals surface area contributed by atoms with Crippen LogP contribution in [0.25, 0.3) is 0 Å². The molecule has 1 saturated heterocycles. The average molecular weight is 297 g/mol. The van der Waals surface area contributed by atoms with Crippen molar-refractivity contribution < 1.29 is 18.0 Å². The number of nitrogens with two attached hydrogens (primary N) is 1. The molecule has 0 bridgehead atoms. The van der Waals surface area contributed by atoms with Crippen LogP contribution in [-0.4, -0.2) is 38.2 Å². The Morgan fingerprint density at radius 2 is 1.95 bits per heavy atom. The van der Waals surface area contributed by atoms with E-state index < -0.39 is 22.0 Å². The van der Waals surface area contributed by atoms with E-state index in [0.29, 0.717) is 0 Å². The summed E-state index contributed by atoms with van der Waals surface area (Å²) in [5, 5.41) is 0. The minimum absolute atomic E-state index is 0.0765. The van der Waals surface area contributed by atoms with Gasteiger partial charge in [-0.2, -0.15) is 4.72 Å². The van der Waals surface area contributed by atoms with Crippen LogP contribution in [0.2, 0.25) is 0 Å². The molecule has 1 unspecified atom stereocenters. The molecular formula is C12H15N3O4S. The summed E-state index contributed by atoms with van der Waals surface area (Å²) in [5.74, 6) is -0.871. The zero-order chi connectivity index (χ0) is 14.9. The number of nitrogen functional groups attached to an aromatic ring is 1. The number of carbonyl (C=O) groups is 2. The van der Waals surface area contributed by atoms with E-state index in [1.165, 1.54) is 19.2 Å². The summed E-state index contributed by atoms with van der Waals surface area (Å²) >= 11 is 0. The van der Waals surface area contributed by atoms with Crippen molar-refractivity contribution in [3.63, 3.8) is 0 Å². The van der Waals surface area contributed by atoms with Crippen molar-refractivity contribution in [3.05, 3.63) is 24.3 Å². The molecule has 1 aromatic rings. The Balaban J connectivity index is 2.24. The molecule has 2 rings (SSSR count). The zero-order valence-corrected chi connectivity index (χ0v) is 11.7. The molecular weight excluding hydrogens is 282 g/mol. The summed E-state index contributed by atoms with van der Waals surface area (Å²) in [5.41, 5.74) is 5.73. The van der Waals surface area contributed by atoms with E-state index in [1.54, 1.807) is 12.1 Å². The van der Waals surface area contributed by atoms with Gasteiger partial charge in [-0.1, -0.05) is 12.1 Å². The summed E-state index contributed by atoms with van der Waals surface area (Å²) in [6.07, 6.45) is 0.272. The van der Waals surface area contributed by atoms with Gasteiger partial charge in [0.15, 0.2) is 0 Å². The molecule has 1 aliphatic rings. The van der Waals surface area contributed by atoms with E-state index in [4.69, 9.17) is 5.73 Å². The van der Waals surface area contributed by atoms with E-state index in [2.05, 4.69) is 4.72 Å². The predicted molar refractivity (Wildman–Crippen MR) is 72.0 cm³/mol. The lowest BCUT2D eigenvalue weighted by Crippen LogP contribution is -2.52. The number of sulfonamides is 1. The predicted octanol–water partition coefficient (Wildman–Crippen LogP) is -0.306. The Bertz CT molecular complexity index is 656. The number of rotatable bonds is 3. The fraction of sp³-hybridized carbons (Fsp3) is 0.333. The van der Waals surface area contributed by atoms with Gasteiger partial charge in [-0.05, 0) is 18.6 Å². The lowest BCUT2D eigenvalue weighted by Gasteiger charge is -2.28. The van der Waals surface area contributed by atoms with Gasteiger partial charge in [0.05, 0.1) is 5.69 Å². The van der Waals surface area contributed by atoms with Crippen LogP contribution in [0.5, 0.6) is 0 Å². The fourth-order valence-electron chi connectivity index (χ4n) is 2.00. The number of nitrogens with one attached hydrogen (secondary N) is 1. The topological polar surface area (TPSA) is 110 Å². The minimum Gasteiger partial charge on any atom is -0.398 e. The van der Waals surface area contributed by atoms with Crippen molar-refractivity contribution >= 4 is 27.5 Å². The highest BCUT2D eigenvalue weighted by molar-refractivity contribution is 7.89. The highest BCUT2D eigenvalue weighted by Gasteiger charge is 2.35. The van der Waals surface area contributed by atoms with Gasteiger partial charge in [-0.3, -0.25) is 14.5 Å². The monoisotopic (exact) mass is 297 g/mol. The van der Waals surface area contributed by atoms with Crippen LogP contribution >= 0.6 is 0 Å². The number of imide groups is 1. The number of benzene rings is 1. The van der Waals surface area contributed by atoms with Gasteiger partial charge < -0.3 is 5.73 Å². The smallest absolute Gasteiger partial charge is 0.247 e. The van der Waals surface area contributed by atoms with Gasteiger partial charge in [0, 0.05) is 13.5 Å². The quantitative estimate of drug-likeness (QED) is 0.587. The van der Waals surface area contributed by atoms with Crippen LogP contribution in [0.3, 0.4) is 0 Å². The van der Waals surface area contributed by atoms with Gasteiger partial charge in [-0.15, -0.1) is 0 Å². The second-order valence-electron chi connectivity index (χ2n) is 4.54. The van der Waals surface area contributed by atoms with Crippen molar-refractivity contribution in [1.29, 1.82) is 0 Å². The van der Waals surface area contributed by atoms with Crippen molar-refractivity contribution in [2.24, 2.45) is 0 Å². The normalized spacial score (nSPS) is 20.2. The van der Waals surface area contributed by atoms with Crippen LogP contribution in [0.1, 0.15) is 12.8 Å². The van der Waals surface area contributed by atoms with Crippen LogP contribution in [0.15, 0.2) is 29.2 Å². The maximum Gasteiger partial charge on any atom is 0.247 e. The molecule has 1 heterocycles. The van der Waals surface area contributed by atoms with Crippen molar-refractivity contribution in [3.8, 4) is 0 Å². The Labute approximate surface area is 116 Å². The number of anilines is 1. The Morgan fingerprint density at radius 3 is 2.60 bits per heavy atom. The van der Waals surface area contributed by atoms with Crippen LogP contribution in [-0.2, 0) is 19.6 Å². The molecule has 1 fully saturated rings. The highest BCUT2D eigenvalue weighted by Crippen LogP contribution is 2.19. The summed E-state index contributed by atoms with van der Waals surface area (Å²) in [7, 11) is -2.56. The standard InChI is InChI=1S/C12H15N3O4S/c1-15-11(16)7-6-9(12(15)17)14-20(18,19)10-5-3-2-4-8(10)13/h2-5,9,14H,6-7,13H2,1H3. The van der Waals surface area contributed by atoms with Crippen LogP contribution < -0.4 is 10.5 Å². The van der Waals surface area contributed by atoms with Gasteiger partial charge in [-0.25, -0.2) is 8.42 Å². The molecule has 3 N–H and O–H groups in total. The molecule has 2 amide bonds. The Hall–Kier alpha value is -1.93. The molecule has 20 heavy (non-hydrogen) atoms. The number of para-hydroxylation sites is 1. The number of nitrogens with zero attached hydrogens (tertiary/aromatic N) is 1. The average Bonchev–Trinajstić information content (AvgIpc) is 2.40. The second kappa shape index (κ2) is 5.22. The highest BCUT2D eigenvalue weighted by atomic mass is 32.2. The van der Waals surface area contributed by atoms with E-state index in [0.717, 1.165) is 4.90 Å². The van der Waals surface area contributed by atoms with E-state index in [9.17, 15) is 18.0 Å². The Morgan fingerprint density at radius 1 is 1.30 bits per heavy atom. The summed E-state index contributed by atoms with van der Waals surface area (Å²) in [6.45, 7) is 0. The van der Waals surface area contributed by atoms with Gasteiger partial charge >= 0.3 is 0 Å². The molecule has 1 atom stereocenters. The molecule has 108 valence electrons. The molecule has 1 aromatic carbocycles. The van der Waals surface area contributed by atoms with Gasteiger partial charge in [0.25, 0.3) is 0 Å². The molecule has 0 radical (unpaired) electrons. The van der Waals surface area contributed by atoms with E-state index in [-0.39, 0.29) is 29.3 Å². The third-order valence-corrected chi connectivity index (χ3v) is 4.70. The van der Waals surface area contributed by atoms with E-state index in [1.807, 2.05) is 0 Å². The Kier molecular flexibility index (Phi) is 3.78. The third kappa shape index (κ3) is 2.66. The SMILES string of the molecule is CN1C(=O)CCC(NS(=O)(=O)c2ccccc2N)C1=O. The summed E-state index contributed by atoms with van der Waals surface area (Å²) in [6, 6.07) is 5.05. The van der Waals surface area contributed by atoms with Crippen molar-refractivity contribution in [2.75, 3.05) is 12.8 Å². The number of amides is 2. The molecule has 0 aromatic heterocycles. The van der Waals surface area contributed by atoms with Crippen LogP contribution in [0, 0.1) is 0 Å². The lowest BCUT2D eigenvalue weighted by molar-refractivity contribution is -0.147. The molecule has 7 nitrogen and oxygen atoms in total. The molecule has 1 aliphatic heterocycles. The lowest BCUT2D eigenvalue weighted by atomic mass is 10.1. The van der Waals surface area contributed by atoms with Crippen LogP contribution in [0.4, 0.5) is 5.69 Å². The van der Waals surface area contributed by atoms with Crippen molar-refractivity contribution in [1.82, 2.24) is 9.62 Å². The van der Waals surface area contributed by atoms with Crippen molar-refractivity contribution in [2.45, 2.75) is 23.8 Å². The number of likely N-dealkylation sites (tertiary alicyclic amines) is 1. The second-order valence-corrected chi connectivity index (χ2v) is 6.22. The first kappa shape index (κ1) is 14.5. The number of carbonyl (C=O) groups excluding carboxylic acids is 2. The first-order chi connectivity index (χ1) is 9.33. The minimum atomic E-state index is -3.90.